The SMILES string of the molecule is COC(=O)N(OCC(=O)O)C(=O)c1ccccc1. The number of hydrogen-bond donors (Lipinski definition) is 1. The fraction of sp³-hybridized carbons (Fsp3) is 0.182. The van der Waals surface area contributed by atoms with E-state index in [0.29, 0.717) is 0 Å². The zero-order chi connectivity index (χ0) is 13.5. The number of methoxy groups -OCH3 is 1. The molecule has 1 aromatic rings. The molecule has 7 nitrogen and oxygen atoms in total. The topological polar surface area (TPSA) is 93.1 Å². The van der Waals surface area contributed by atoms with Crippen molar-refractivity contribution in [2.75, 3.05) is 13.7 Å². The van der Waals surface area contributed by atoms with Gasteiger partial charge in [-0.2, -0.15) is 0 Å². The number of nitrogens with zero attached hydrogens (tertiary/aromatic N) is 1. The molecule has 0 spiro atoms. The largest absolute Gasteiger partial charge is 0.479 e. The lowest BCUT2D eigenvalue weighted by Gasteiger charge is -2.17. The van der Waals surface area contributed by atoms with Crippen LogP contribution in [0.1, 0.15) is 10.4 Å². The van der Waals surface area contributed by atoms with Crippen molar-refractivity contribution < 1.29 is 29.1 Å². The number of imide groups is 1. The Labute approximate surface area is 102 Å². The molecule has 0 unspecified atom stereocenters. The third-order valence-corrected chi connectivity index (χ3v) is 1.86. The molecule has 0 bridgehead atoms. The summed E-state index contributed by atoms with van der Waals surface area (Å²) in [6.45, 7) is -0.826. The van der Waals surface area contributed by atoms with Crippen LogP contribution in [0.3, 0.4) is 0 Å². The lowest BCUT2D eigenvalue weighted by atomic mass is 10.2. The second kappa shape index (κ2) is 6.36. The van der Waals surface area contributed by atoms with Crippen molar-refractivity contribution in [3.8, 4) is 0 Å². The van der Waals surface area contributed by atoms with Crippen LogP contribution in [-0.2, 0) is 14.4 Å². The number of aliphatic carboxylic acids is 1. The van der Waals surface area contributed by atoms with Crippen LogP contribution in [0.15, 0.2) is 30.3 Å². The predicted octanol–water partition coefficient (Wildman–Crippen LogP) is 0.911. The van der Waals surface area contributed by atoms with E-state index in [9.17, 15) is 14.4 Å². The summed E-state index contributed by atoms with van der Waals surface area (Å²) in [5.74, 6) is -2.12. The number of carboxylic acid groups (broad SMARTS) is 1. The molecule has 18 heavy (non-hydrogen) atoms. The number of benzene rings is 1. The molecule has 0 heterocycles. The molecule has 0 fully saturated rings. The molecular formula is C11H11NO6. The van der Waals surface area contributed by atoms with Crippen LogP contribution in [0.4, 0.5) is 4.79 Å². The molecule has 0 atom stereocenters. The van der Waals surface area contributed by atoms with E-state index < -0.39 is 24.6 Å². The summed E-state index contributed by atoms with van der Waals surface area (Å²) in [7, 11) is 1.05. The van der Waals surface area contributed by atoms with Crippen LogP contribution in [0.25, 0.3) is 0 Å². The number of hydrogen-bond acceptors (Lipinski definition) is 5. The van der Waals surface area contributed by atoms with Gasteiger partial charge in [0.15, 0.2) is 6.61 Å². The van der Waals surface area contributed by atoms with Crippen molar-refractivity contribution in [1.29, 1.82) is 0 Å². The van der Waals surface area contributed by atoms with E-state index >= 15 is 0 Å². The molecule has 0 saturated carbocycles. The molecule has 1 rings (SSSR count). The van der Waals surface area contributed by atoms with E-state index in [1.165, 1.54) is 12.1 Å². The van der Waals surface area contributed by atoms with Gasteiger partial charge in [-0.25, -0.2) is 14.4 Å². The van der Waals surface area contributed by atoms with Crippen molar-refractivity contribution in [3.63, 3.8) is 0 Å². The minimum Gasteiger partial charge on any atom is -0.479 e. The Hall–Kier alpha value is -2.41. The fourth-order valence-corrected chi connectivity index (χ4v) is 1.09. The highest BCUT2D eigenvalue weighted by Crippen LogP contribution is 2.06. The number of carboxylic acids is 1. The van der Waals surface area contributed by atoms with Gasteiger partial charge < -0.3 is 9.84 Å². The summed E-state index contributed by atoms with van der Waals surface area (Å²) < 4.78 is 4.34. The Kier molecular flexibility index (Phi) is 4.82. The maximum atomic E-state index is 11.9. The molecule has 0 aliphatic rings. The Bertz CT molecular complexity index is 444. The van der Waals surface area contributed by atoms with E-state index in [2.05, 4.69) is 9.57 Å². The highest BCUT2D eigenvalue weighted by atomic mass is 16.7. The molecule has 0 aromatic heterocycles. The number of rotatable bonds is 4. The molecule has 7 heteroatoms. The first-order chi connectivity index (χ1) is 8.56. The summed E-state index contributed by atoms with van der Waals surface area (Å²) in [6, 6.07) is 7.81. The average Bonchev–Trinajstić information content (AvgIpc) is 2.39. The van der Waals surface area contributed by atoms with Crippen molar-refractivity contribution in [1.82, 2.24) is 5.06 Å². The van der Waals surface area contributed by atoms with Crippen molar-refractivity contribution >= 4 is 18.0 Å². The summed E-state index contributed by atoms with van der Waals surface area (Å²) in [5, 5.41) is 8.72. The number of carbonyl (C=O) groups is 3. The number of carbonyl (C=O) groups excluding carboxylic acids is 2. The van der Waals surface area contributed by atoms with Gasteiger partial charge in [-0.1, -0.05) is 18.2 Å². The zero-order valence-corrected chi connectivity index (χ0v) is 9.53. The van der Waals surface area contributed by atoms with Gasteiger partial charge >= 0.3 is 12.1 Å². The number of hydroxylamine groups is 2. The minimum absolute atomic E-state index is 0.174. The first-order valence-corrected chi connectivity index (χ1v) is 4.88. The van der Waals surface area contributed by atoms with Crippen LogP contribution in [-0.4, -0.2) is 41.9 Å². The average molecular weight is 253 g/mol. The van der Waals surface area contributed by atoms with Crippen LogP contribution >= 0.6 is 0 Å². The first-order valence-electron chi connectivity index (χ1n) is 4.88. The zero-order valence-electron chi connectivity index (χ0n) is 9.53. The summed E-state index contributed by atoms with van der Waals surface area (Å²) in [6.07, 6.45) is -1.09. The first kappa shape index (κ1) is 13.7. The van der Waals surface area contributed by atoms with Crippen LogP contribution in [0.5, 0.6) is 0 Å². The molecule has 0 aliphatic heterocycles. The van der Waals surface area contributed by atoms with Gasteiger partial charge in [0, 0.05) is 5.56 Å². The summed E-state index contributed by atoms with van der Waals surface area (Å²) in [5.41, 5.74) is 0.174. The van der Waals surface area contributed by atoms with Crippen LogP contribution < -0.4 is 0 Å². The smallest absolute Gasteiger partial charge is 0.441 e. The fourth-order valence-electron chi connectivity index (χ4n) is 1.09. The van der Waals surface area contributed by atoms with Crippen molar-refractivity contribution in [2.24, 2.45) is 0 Å². The van der Waals surface area contributed by atoms with Gasteiger partial charge in [-0.15, -0.1) is 5.06 Å². The minimum atomic E-state index is -1.32. The van der Waals surface area contributed by atoms with Gasteiger partial charge in [0.2, 0.25) is 0 Å². The summed E-state index contributed by atoms with van der Waals surface area (Å²) >= 11 is 0. The normalized spacial score (nSPS) is 9.61. The molecule has 0 radical (unpaired) electrons. The van der Waals surface area contributed by atoms with E-state index in [4.69, 9.17) is 5.11 Å². The number of ether oxygens (including phenoxy) is 1. The Morgan fingerprint density at radius 2 is 1.83 bits per heavy atom. The van der Waals surface area contributed by atoms with Crippen LogP contribution in [0, 0.1) is 0 Å². The molecular weight excluding hydrogens is 242 g/mol. The predicted molar refractivity (Wildman–Crippen MR) is 58.6 cm³/mol. The van der Waals surface area contributed by atoms with Gasteiger partial charge in [0.05, 0.1) is 7.11 Å². The van der Waals surface area contributed by atoms with Crippen molar-refractivity contribution in [2.45, 2.75) is 0 Å². The Morgan fingerprint density at radius 3 is 2.33 bits per heavy atom. The third-order valence-electron chi connectivity index (χ3n) is 1.86. The second-order valence-electron chi connectivity index (χ2n) is 3.10. The highest BCUT2D eigenvalue weighted by molar-refractivity contribution is 6.01. The lowest BCUT2D eigenvalue weighted by Crippen LogP contribution is -2.38. The highest BCUT2D eigenvalue weighted by Gasteiger charge is 2.25. The molecule has 96 valence electrons. The van der Waals surface area contributed by atoms with Crippen LogP contribution in [0.2, 0.25) is 0 Å². The van der Waals surface area contributed by atoms with E-state index in [1.54, 1.807) is 18.2 Å². The molecule has 1 aromatic carbocycles. The monoisotopic (exact) mass is 253 g/mol. The van der Waals surface area contributed by atoms with E-state index in [0.717, 1.165) is 7.11 Å². The van der Waals surface area contributed by atoms with Gasteiger partial charge in [0.25, 0.3) is 5.91 Å². The van der Waals surface area contributed by atoms with Gasteiger partial charge in [-0.05, 0) is 12.1 Å². The van der Waals surface area contributed by atoms with Gasteiger partial charge in [-0.3, -0.25) is 4.79 Å². The lowest BCUT2D eigenvalue weighted by molar-refractivity contribution is -0.157. The molecule has 0 aliphatic carbocycles. The quantitative estimate of drug-likeness (QED) is 0.801. The maximum Gasteiger partial charge on any atom is 0.441 e. The van der Waals surface area contributed by atoms with E-state index in [1.807, 2.05) is 0 Å². The second-order valence-corrected chi connectivity index (χ2v) is 3.10. The molecule has 0 saturated heterocycles. The Morgan fingerprint density at radius 1 is 1.22 bits per heavy atom. The Balaban J connectivity index is 2.86. The summed E-state index contributed by atoms with van der Waals surface area (Å²) in [4.78, 5) is 38.1. The van der Waals surface area contributed by atoms with Crippen molar-refractivity contribution in [3.05, 3.63) is 35.9 Å². The van der Waals surface area contributed by atoms with E-state index in [-0.39, 0.29) is 10.6 Å². The number of amides is 2. The maximum absolute atomic E-state index is 11.9. The third kappa shape index (κ3) is 3.56. The van der Waals surface area contributed by atoms with Gasteiger partial charge in [0.1, 0.15) is 0 Å². The standard InChI is InChI=1S/C11H11NO6/c1-17-11(16)12(18-7-9(13)14)10(15)8-5-3-2-4-6-8/h2-6H,7H2,1H3,(H,13,14). The molecule has 1 N–H and O–H groups in total. The molecule has 2 amide bonds.